The van der Waals surface area contributed by atoms with E-state index in [0.29, 0.717) is 17.3 Å². The predicted octanol–water partition coefficient (Wildman–Crippen LogP) is 3.57. The molecule has 2 aromatic rings. The number of halogens is 1. The molecule has 4 nitrogen and oxygen atoms in total. The average Bonchev–Trinajstić information content (AvgIpc) is 2.30. The SMILES string of the molecule is CC(C)(C)Nc1cc(Nc2ccccc2F)ncn1. The zero-order valence-corrected chi connectivity index (χ0v) is 11.2. The van der Waals surface area contributed by atoms with Crippen molar-refractivity contribution in [3.05, 3.63) is 42.5 Å². The van der Waals surface area contributed by atoms with Gasteiger partial charge in [-0.15, -0.1) is 0 Å². The topological polar surface area (TPSA) is 49.8 Å². The van der Waals surface area contributed by atoms with Crippen LogP contribution in [0.3, 0.4) is 0 Å². The molecule has 0 unspecified atom stereocenters. The zero-order valence-electron chi connectivity index (χ0n) is 11.2. The molecule has 0 amide bonds. The van der Waals surface area contributed by atoms with E-state index in [1.165, 1.54) is 12.4 Å². The van der Waals surface area contributed by atoms with Crippen molar-refractivity contribution >= 4 is 17.3 Å². The van der Waals surface area contributed by atoms with Crippen molar-refractivity contribution in [2.45, 2.75) is 26.3 Å². The number of para-hydroxylation sites is 1. The fourth-order valence-corrected chi connectivity index (χ4v) is 1.58. The highest BCUT2D eigenvalue weighted by molar-refractivity contribution is 5.59. The summed E-state index contributed by atoms with van der Waals surface area (Å²) in [6.45, 7) is 6.12. The number of nitrogens with one attached hydrogen (secondary N) is 2. The van der Waals surface area contributed by atoms with Gasteiger partial charge in [-0.3, -0.25) is 0 Å². The molecule has 1 aromatic heterocycles. The van der Waals surface area contributed by atoms with Crippen LogP contribution < -0.4 is 10.6 Å². The van der Waals surface area contributed by atoms with E-state index in [1.807, 2.05) is 20.8 Å². The van der Waals surface area contributed by atoms with Crippen LogP contribution in [0.25, 0.3) is 0 Å². The first-order valence-corrected chi connectivity index (χ1v) is 6.06. The van der Waals surface area contributed by atoms with Crippen LogP contribution in [-0.4, -0.2) is 15.5 Å². The summed E-state index contributed by atoms with van der Waals surface area (Å²) >= 11 is 0. The summed E-state index contributed by atoms with van der Waals surface area (Å²) in [7, 11) is 0. The fourth-order valence-electron chi connectivity index (χ4n) is 1.58. The van der Waals surface area contributed by atoms with Crippen LogP contribution in [-0.2, 0) is 0 Å². The molecule has 0 aliphatic rings. The van der Waals surface area contributed by atoms with Gasteiger partial charge >= 0.3 is 0 Å². The van der Waals surface area contributed by atoms with Crippen LogP contribution in [0.1, 0.15) is 20.8 Å². The summed E-state index contributed by atoms with van der Waals surface area (Å²) in [4.78, 5) is 8.21. The summed E-state index contributed by atoms with van der Waals surface area (Å²) in [6.07, 6.45) is 1.44. The molecular formula is C14H17FN4. The van der Waals surface area contributed by atoms with Gasteiger partial charge in [-0.2, -0.15) is 0 Å². The minimum absolute atomic E-state index is 0.0936. The molecule has 0 aliphatic carbocycles. The van der Waals surface area contributed by atoms with Crippen LogP contribution in [0.15, 0.2) is 36.7 Å². The fraction of sp³-hybridized carbons (Fsp3) is 0.286. The molecule has 0 fully saturated rings. The highest BCUT2D eigenvalue weighted by Gasteiger charge is 2.11. The van der Waals surface area contributed by atoms with Gasteiger partial charge in [0.05, 0.1) is 5.69 Å². The lowest BCUT2D eigenvalue weighted by atomic mass is 10.1. The Hall–Kier alpha value is -2.17. The van der Waals surface area contributed by atoms with E-state index in [-0.39, 0.29) is 11.4 Å². The van der Waals surface area contributed by atoms with E-state index in [1.54, 1.807) is 24.3 Å². The largest absolute Gasteiger partial charge is 0.365 e. The van der Waals surface area contributed by atoms with Crippen molar-refractivity contribution in [2.24, 2.45) is 0 Å². The molecule has 0 saturated heterocycles. The van der Waals surface area contributed by atoms with Gasteiger partial charge in [-0.1, -0.05) is 12.1 Å². The monoisotopic (exact) mass is 260 g/mol. The van der Waals surface area contributed by atoms with E-state index < -0.39 is 0 Å². The minimum atomic E-state index is -0.313. The van der Waals surface area contributed by atoms with Crippen molar-refractivity contribution in [3.63, 3.8) is 0 Å². The summed E-state index contributed by atoms with van der Waals surface area (Å²) < 4.78 is 13.5. The highest BCUT2D eigenvalue weighted by atomic mass is 19.1. The first-order valence-electron chi connectivity index (χ1n) is 6.06. The van der Waals surface area contributed by atoms with Crippen LogP contribution in [0, 0.1) is 5.82 Å². The Kier molecular flexibility index (Phi) is 3.64. The van der Waals surface area contributed by atoms with E-state index in [9.17, 15) is 4.39 Å². The van der Waals surface area contributed by atoms with E-state index in [0.717, 1.165) is 0 Å². The lowest BCUT2D eigenvalue weighted by Crippen LogP contribution is -2.26. The normalized spacial score (nSPS) is 11.2. The molecule has 5 heteroatoms. The van der Waals surface area contributed by atoms with Gasteiger partial charge in [0.2, 0.25) is 0 Å². The summed E-state index contributed by atoms with van der Waals surface area (Å²) in [5.74, 6) is 0.930. The van der Waals surface area contributed by atoms with E-state index >= 15 is 0 Å². The third-order valence-electron chi connectivity index (χ3n) is 2.31. The quantitative estimate of drug-likeness (QED) is 0.885. The highest BCUT2D eigenvalue weighted by Crippen LogP contribution is 2.20. The van der Waals surface area contributed by atoms with Crippen molar-refractivity contribution in [2.75, 3.05) is 10.6 Å². The second-order valence-electron chi connectivity index (χ2n) is 5.27. The molecule has 0 bridgehead atoms. The van der Waals surface area contributed by atoms with Gasteiger partial charge in [0, 0.05) is 11.6 Å². The van der Waals surface area contributed by atoms with Gasteiger partial charge < -0.3 is 10.6 Å². The Morgan fingerprint density at radius 3 is 2.42 bits per heavy atom. The van der Waals surface area contributed by atoms with Crippen LogP contribution in [0.4, 0.5) is 21.7 Å². The second kappa shape index (κ2) is 5.22. The maximum atomic E-state index is 13.5. The van der Waals surface area contributed by atoms with Gasteiger partial charge in [0.15, 0.2) is 0 Å². The third-order valence-corrected chi connectivity index (χ3v) is 2.31. The zero-order chi connectivity index (χ0) is 13.9. The Labute approximate surface area is 112 Å². The number of nitrogens with zero attached hydrogens (tertiary/aromatic N) is 2. The molecule has 1 aromatic carbocycles. The van der Waals surface area contributed by atoms with Crippen LogP contribution in [0.2, 0.25) is 0 Å². The molecule has 1 heterocycles. The molecule has 0 aliphatic heterocycles. The molecule has 0 radical (unpaired) electrons. The Bertz CT molecular complexity index is 563. The molecular weight excluding hydrogens is 243 g/mol. The van der Waals surface area contributed by atoms with Crippen molar-refractivity contribution in [1.29, 1.82) is 0 Å². The van der Waals surface area contributed by atoms with Crippen LogP contribution in [0.5, 0.6) is 0 Å². The Morgan fingerprint density at radius 2 is 1.74 bits per heavy atom. The number of benzene rings is 1. The van der Waals surface area contributed by atoms with Crippen molar-refractivity contribution in [3.8, 4) is 0 Å². The van der Waals surface area contributed by atoms with Gasteiger partial charge in [0.25, 0.3) is 0 Å². The number of anilines is 3. The van der Waals surface area contributed by atoms with Crippen LogP contribution >= 0.6 is 0 Å². The minimum Gasteiger partial charge on any atom is -0.365 e. The molecule has 2 rings (SSSR count). The first-order chi connectivity index (χ1) is 8.94. The molecule has 100 valence electrons. The number of hydrogen-bond donors (Lipinski definition) is 2. The third kappa shape index (κ3) is 3.91. The lowest BCUT2D eigenvalue weighted by Gasteiger charge is -2.21. The maximum absolute atomic E-state index is 13.5. The van der Waals surface area contributed by atoms with Crippen molar-refractivity contribution < 1.29 is 4.39 Å². The standard InChI is InChI=1S/C14H17FN4/c1-14(2,3)19-13-8-12(16-9-17-13)18-11-7-5-4-6-10(11)15/h4-9H,1-3H3,(H2,16,17,18,19). The predicted molar refractivity (Wildman–Crippen MR) is 75.1 cm³/mol. The smallest absolute Gasteiger partial charge is 0.146 e. The Balaban J connectivity index is 2.18. The van der Waals surface area contributed by atoms with Gasteiger partial charge in [-0.25, -0.2) is 14.4 Å². The van der Waals surface area contributed by atoms with Gasteiger partial charge in [-0.05, 0) is 32.9 Å². The molecule has 2 N–H and O–H groups in total. The maximum Gasteiger partial charge on any atom is 0.146 e. The van der Waals surface area contributed by atoms with Gasteiger partial charge in [0.1, 0.15) is 23.8 Å². The first kappa shape index (κ1) is 13.3. The average molecular weight is 260 g/mol. The lowest BCUT2D eigenvalue weighted by molar-refractivity contribution is 0.629. The van der Waals surface area contributed by atoms with Crippen molar-refractivity contribution in [1.82, 2.24) is 9.97 Å². The van der Waals surface area contributed by atoms with E-state index in [4.69, 9.17) is 0 Å². The summed E-state index contributed by atoms with van der Waals surface area (Å²) in [6, 6.07) is 8.22. The van der Waals surface area contributed by atoms with E-state index in [2.05, 4.69) is 20.6 Å². The molecule has 19 heavy (non-hydrogen) atoms. The molecule has 0 atom stereocenters. The number of rotatable bonds is 3. The second-order valence-corrected chi connectivity index (χ2v) is 5.27. The summed E-state index contributed by atoms with van der Waals surface area (Å²) in [5, 5.41) is 6.17. The molecule has 0 saturated carbocycles. The number of hydrogen-bond acceptors (Lipinski definition) is 4. The Morgan fingerprint density at radius 1 is 1.05 bits per heavy atom. The summed E-state index contributed by atoms with van der Waals surface area (Å²) in [5.41, 5.74) is 0.298. The molecule has 0 spiro atoms. The number of aromatic nitrogens is 2.